The molecule has 0 aromatic heterocycles. The summed E-state index contributed by atoms with van der Waals surface area (Å²) in [7, 11) is 0. The van der Waals surface area contributed by atoms with Gasteiger partial charge in [-0.3, -0.25) is 4.79 Å². The van der Waals surface area contributed by atoms with Gasteiger partial charge in [0.05, 0.1) is 0 Å². The van der Waals surface area contributed by atoms with Crippen molar-refractivity contribution < 1.29 is 4.79 Å². The molecule has 4 heteroatoms. The average molecular weight is 238 g/mol. The minimum atomic E-state index is 0.00487. The number of nitrogen functional groups attached to an aromatic ring is 1. The van der Waals surface area contributed by atoms with E-state index in [-0.39, 0.29) is 5.78 Å². The van der Waals surface area contributed by atoms with E-state index in [9.17, 15) is 4.79 Å². The smallest absolute Gasteiger partial charge is 0.161 e. The predicted molar refractivity (Wildman–Crippen MR) is 72.3 cm³/mol. The van der Waals surface area contributed by atoms with Crippen molar-refractivity contribution in [2.75, 3.05) is 29.6 Å². The lowest BCUT2D eigenvalue weighted by Crippen LogP contribution is -2.05. The van der Waals surface area contributed by atoms with Gasteiger partial charge >= 0.3 is 0 Å². The van der Waals surface area contributed by atoms with E-state index in [2.05, 4.69) is 11.6 Å². The van der Waals surface area contributed by atoms with Gasteiger partial charge < -0.3 is 11.1 Å². The Morgan fingerprint density at radius 2 is 2.25 bits per heavy atom. The zero-order valence-electron chi connectivity index (χ0n) is 9.75. The molecule has 3 nitrogen and oxygen atoms in total. The van der Waals surface area contributed by atoms with Crippen LogP contribution in [0.2, 0.25) is 0 Å². The van der Waals surface area contributed by atoms with Crippen LogP contribution in [0.1, 0.15) is 23.7 Å². The molecule has 16 heavy (non-hydrogen) atoms. The van der Waals surface area contributed by atoms with E-state index in [1.165, 1.54) is 6.92 Å². The van der Waals surface area contributed by atoms with Crippen molar-refractivity contribution in [1.29, 1.82) is 0 Å². The zero-order chi connectivity index (χ0) is 12.0. The van der Waals surface area contributed by atoms with E-state index in [1.807, 2.05) is 23.9 Å². The standard InChI is InChI=1S/C12H18N2OS/c1-9(15)11-8-10(4-5-12(11)13)14-6-3-7-16-2/h4-5,8,14H,3,6-7,13H2,1-2H3. The molecule has 0 aliphatic rings. The number of thioether (sulfide) groups is 1. The van der Waals surface area contributed by atoms with E-state index in [1.54, 1.807) is 6.07 Å². The summed E-state index contributed by atoms with van der Waals surface area (Å²) >= 11 is 1.83. The van der Waals surface area contributed by atoms with Crippen LogP contribution in [0.4, 0.5) is 11.4 Å². The summed E-state index contributed by atoms with van der Waals surface area (Å²) in [4.78, 5) is 11.3. The Morgan fingerprint density at radius 3 is 2.88 bits per heavy atom. The van der Waals surface area contributed by atoms with Crippen LogP contribution in [0.3, 0.4) is 0 Å². The number of ketones is 1. The van der Waals surface area contributed by atoms with E-state index in [0.717, 1.165) is 24.4 Å². The summed E-state index contributed by atoms with van der Waals surface area (Å²) in [5, 5.41) is 3.28. The van der Waals surface area contributed by atoms with E-state index >= 15 is 0 Å². The average Bonchev–Trinajstić information content (AvgIpc) is 2.26. The highest BCUT2D eigenvalue weighted by Gasteiger charge is 2.05. The number of carbonyl (C=O) groups excluding carboxylic acids is 1. The topological polar surface area (TPSA) is 55.1 Å². The van der Waals surface area contributed by atoms with E-state index in [4.69, 9.17) is 5.73 Å². The van der Waals surface area contributed by atoms with Crippen molar-refractivity contribution in [3.05, 3.63) is 23.8 Å². The molecule has 1 rings (SSSR count). The van der Waals surface area contributed by atoms with Crippen molar-refractivity contribution in [3.63, 3.8) is 0 Å². The Balaban J connectivity index is 2.61. The Hall–Kier alpha value is -1.16. The quantitative estimate of drug-likeness (QED) is 0.454. The van der Waals surface area contributed by atoms with Crippen LogP contribution in [-0.2, 0) is 0 Å². The molecular formula is C12H18N2OS. The predicted octanol–water partition coefficient (Wildman–Crippen LogP) is 2.64. The summed E-state index contributed by atoms with van der Waals surface area (Å²) in [5.74, 6) is 1.15. The Labute approximate surface area is 101 Å². The molecule has 0 unspecified atom stereocenters. The fraction of sp³-hybridized carbons (Fsp3) is 0.417. The Morgan fingerprint density at radius 1 is 1.50 bits per heavy atom. The summed E-state index contributed by atoms with van der Waals surface area (Å²) in [5.41, 5.74) is 7.81. The van der Waals surface area contributed by atoms with Crippen molar-refractivity contribution in [1.82, 2.24) is 0 Å². The SMILES string of the molecule is CSCCCNc1ccc(N)c(C(C)=O)c1. The second-order valence-electron chi connectivity index (χ2n) is 3.63. The highest BCUT2D eigenvalue weighted by atomic mass is 32.2. The third kappa shape index (κ3) is 3.77. The number of benzene rings is 1. The first-order valence-corrected chi connectivity index (χ1v) is 6.68. The molecule has 1 aromatic rings. The zero-order valence-corrected chi connectivity index (χ0v) is 10.6. The molecule has 0 aliphatic carbocycles. The first-order valence-electron chi connectivity index (χ1n) is 5.28. The van der Waals surface area contributed by atoms with Crippen molar-refractivity contribution >= 4 is 28.9 Å². The first-order chi connectivity index (χ1) is 7.65. The molecule has 0 radical (unpaired) electrons. The van der Waals surface area contributed by atoms with E-state index in [0.29, 0.717) is 11.3 Å². The molecule has 0 bridgehead atoms. The van der Waals surface area contributed by atoms with Gasteiger partial charge in [0.25, 0.3) is 0 Å². The molecule has 0 heterocycles. The van der Waals surface area contributed by atoms with Crippen LogP contribution in [0.5, 0.6) is 0 Å². The van der Waals surface area contributed by atoms with Gasteiger partial charge in [0, 0.05) is 23.5 Å². The van der Waals surface area contributed by atoms with Gasteiger partial charge in [-0.2, -0.15) is 11.8 Å². The van der Waals surface area contributed by atoms with Crippen LogP contribution in [0.15, 0.2) is 18.2 Å². The summed E-state index contributed by atoms with van der Waals surface area (Å²) in [6.07, 6.45) is 3.21. The molecule has 0 atom stereocenters. The van der Waals surface area contributed by atoms with Gasteiger partial charge in [-0.25, -0.2) is 0 Å². The molecule has 0 aliphatic heterocycles. The second-order valence-corrected chi connectivity index (χ2v) is 4.62. The Kier molecular flexibility index (Phi) is 5.19. The highest BCUT2D eigenvalue weighted by Crippen LogP contribution is 2.18. The number of hydrogen-bond acceptors (Lipinski definition) is 4. The maximum atomic E-state index is 11.3. The van der Waals surface area contributed by atoms with Gasteiger partial charge in [0.1, 0.15) is 0 Å². The maximum Gasteiger partial charge on any atom is 0.161 e. The normalized spacial score (nSPS) is 10.1. The molecule has 0 amide bonds. The lowest BCUT2D eigenvalue weighted by Gasteiger charge is -2.08. The second kappa shape index (κ2) is 6.43. The molecule has 0 saturated carbocycles. The van der Waals surface area contributed by atoms with E-state index < -0.39 is 0 Å². The fourth-order valence-corrected chi connectivity index (χ4v) is 1.85. The van der Waals surface area contributed by atoms with Gasteiger partial charge in [-0.05, 0) is 43.6 Å². The maximum absolute atomic E-state index is 11.3. The first kappa shape index (κ1) is 12.9. The highest BCUT2D eigenvalue weighted by molar-refractivity contribution is 7.98. The number of carbonyl (C=O) groups is 1. The fourth-order valence-electron chi connectivity index (χ4n) is 1.42. The number of rotatable bonds is 6. The molecule has 0 fully saturated rings. The third-order valence-electron chi connectivity index (χ3n) is 2.29. The van der Waals surface area contributed by atoms with Crippen molar-refractivity contribution in [2.45, 2.75) is 13.3 Å². The molecule has 0 spiro atoms. The van der Waals surface area contributed by atoms with Gasteiger partial charge in [-0.1, -0.05) is 0 Å². The molecular weight excluding hydrogens is 220 g/mol. The third-order valence-corrected chi connectivity index (χ3v) is 2.98. The molecule has 0 saturated heterocycles. The summed E-state index contributed by atoms with van der Waals surface area (Å²) < 4.78 is 0. The minimum absolute atomic E-state index is 0.00487. The number of nitrogens with two attached hydrogens (primary N) is 1. The van der Waals surface area contributed by atoms with Crippen LogP contribution in [0.25, 0.3) is 0 Å². The molecule has 88 valence electrons. The number of hydrogen-bond donors (Lipinski definition) is 2. The lowest BCUT2D eigenvalue weighted by molar-refractivity contribution is 0.101. The van der Waals surface area contributed by atoms with Crippen LogP contribution in [-0.4, -0.2) is 24.3 Å². The van der Waals surface area contributed by atoms with Crippen LogP contribution < -0.4 is 11.1 Å². The summed E-state index contributed by atoms with van der Waals surface area (Å²) in [6.45, 7) is 2.45. The Bertz CT molecular complexity index is 366. The van der Waals surface area contributed by atoms with Crippen molar-refractivity contribution in [2.24, 2.45) is 0 Å². The van der Waals surface area contributed by atoms with Gasteiger partial charge in [-0.15, -0.1) is 0 Å². The molecule has 3 N–H and O–H groups in total. The lowest BCUT2D eigenvalue weighted by atomic mass is 10.1. The number of anilines is 2. The largest absolute Gasteiger partial charge is 0.398 e. The van der Waals surface area contributed by atoms with Gasteiger partial charge in [0.15, 0.2) is 5.78 Å². The number of Topliss-reactive ketones (excluding diaryl/α,β-unsaturated/α-hetero) is 1. The minimum Gasteiger partial charge on any atom is -0.398 e. The molecule has 1 aromatic carbocycles. The van der Waals surface area contributed by atoms with Crippen molar-refractivity contribution in [3.8, 4) is 0 Å². The number of nitrogens with one attached hydrogen (secondary N) is 1. The van der Waals surface area contributed by atoms with Crippen LogP contribution in [0, 0.1) is 0 Å². The van der Waals surface area contributed by atoms with Gasteiger partial charge in [0.2, 0.25) is 0 Å². The monoisotopic (exact) mass is 238 g/mol. The summed E-state index contributed by atoms with van der Waals surface area (Å²) in [6, 6.07) is 5.49. The van der Waals surface area contributed by atoms with Crippen LogP contribution >= 0.6 is 11.8 Å².